The first-order chi connectivity index (χ1) is 13.9. The van der Waals surface area contributed by atoms with Gasteiger partial charge in [0.05, 0.1) is 6.61 Å². The summed E-state index contributed by atoms with van der Waals surface area (Å²) in [5.74, 6) is -3.37. The molecule has 3 aromatic rings. The molecule has 150 valence electrons. The minimum atomic E-state index is -1.12. The van der Waals surface area contributed by atoms with Crippen LogP contribution in [-0.4, -0.2) is 18.5 Å². The summed E-state index contributed by atoms with van der Waals surface area (Å²) in [7, 11) is 0. The fourth-order valence-electron chi connectivity index (χ4n) is 2.80. The number of anilines is 1. The number of hydrogen-bond donors (Lipinski definition) is 1. The van der Waals surface area contributed by atoms with E-state index in [1.165, 1.54) is 6.07 Å². The average molecular weight is 415 g/mol. The van der Waals surface area contributed by atoms with Crippen LogP contribution in [0.15, 0.2) is 47.8 Å². The number of nitrogens with one attached hydrogen (secondary N) is 1. The Labute approximate surface area is 171 Å². The molecule has 1 aromatic heterocycles. The van der Waals surface area contributed by atoms with Crippen LogP contribution < -0.4 is 5.32 Å². The fourth-order valence-corrected chi connectivity index (χ4v) is 3.75. The van der Waals surface area contributed by atoms with Gasteiger partial charge in [-0.25, -0.2) is 13.6 Å². The highest BCUT2D eigenvalue weighted by atomic mass is 32.1. The van der Waals surface area contributed by atoms with Gasteiger partial charge in [-0.15, -0.1) is 11.3 Å². The molecule has 7 heteroatoms. The van der Waals surface area contributed by atoms with E-state index in [-0.39, 0.29) is 22.7 Å². The highest BCUT2D eigenvalue weighted by molar-refractivity contribution is 7.15. The van der Waals surface area contributed by atoms with Crippen molar-refractivity contribution in [3.05, 3.63) is 76.2 Å². The first kappa shape index (κ1) is 20.7. The van der Waals surface area contributed by atoms with Crippen molar-refractivity contribution in [3.8, 4) is 11.1 Å². The fraction of sp³-hybridized carbons (Fsp3) is 0.182. The number of esters is 1. The molecule has 4 nitrogen and oxygen atoms in total. The lowest BCUT2D eigenvalue weighted by molar-refractivity contribution is 0.0529. The largest absolute Gasteiger partial charge is 0.462 e. The molecule has 2 aromatic carbocycles. The molecule has 29 heavy (non-hydrogen) atoms. The van der Waals surface area contributed by atoms with E-state index in [2.05, 4.69) is 12.2 Å². The van der Waals surface area contributed by atoms with E-state index >= 15 is 0 Å². The average Bonchev–Trinajstić information content (AvgIpc) is 3.13. The number of amides is 1. The molecule has 0 spiro atoms. The molecule has 0 fully saturated rings. The van der Waals surface area contributed by atoms with Crippen LogP contribution in [-0.2, 0) is 11.2 Å². The summed E-state index contributed by atoms with van der Waals surface area (Å²) in [5, 5.41) is 4.66. The minimum absolute atomic E-state index is 0.0547. The van der Waals surface area contributed by atoms with Crippen molar-refractivity contribution in [3.63, 3.8) is 0 Å². The van der Waals surface area contributed by atoms with E-state index < -0.39 is 23.5 Å². The van der Waals surface area contributed by atoms with Crippen molar-refractivity contribution in [1.82, 2.24) is 0 Å². The molecule has 1 amide bonds. The van der Waals surface area contributed by atoms with E-state index in [0.717, 1.165) is 41.0 Å². The smallest absolute Gasteiger partial charge is 0.341 e. The Balaban J connectivity index is 1.97. The van der Waals surface area contributed by atoms with Crippen LogP contribution in [0.2, 0.25) is 0 Å². The van der Waals surface area contributed by atoms with Crippen LogP contribution in [0.3, 0.4) is 0 Å². The molecule has 0 saturated heterocycles. The van der Waals surface area contributed by atoms with Crippen molar-refractivity contribution in [2.75, 3.05) is 11.9 Å². The van der Waals surface area contributed by atoms with E-state index in [1.54, 1.807) is 12.3 Å². The second-order valence-corrected chi connectivity index (χ2v) is 7.09. The third-order valence-electron chi connectivity index (χ3n) is 4.35. The van der Waals surface area contributed by atoms with Crippen molar-refractivity contribution in [2.24, 2.45) is 0 Å². The first-order valence-electron chi connectivity index (χ1n) is 9.08. The molecule has 1 heterocycles. The maximum atomic E-state index is 13.4. The molecule has 0 unspecified atom stereocenters. The molecule has 0 radical (unpaired) electrons. The Bertz CT molecular complexity index is 1040. The summed E-state index contributed by atoms with van der Waals surface area (Å²) in [6.45, 7) is 3.93. The maximum absolute atomic E-state index is 13.4. The lowest BCUT2D eigenvalue weighted by Crippen LogP contribution is -2.15. The molecular formula is C22H19F2NO3S. The van der Waals surface area contributed by atoms with Gasteiger partial charge >= 0.3 is 5.97 Å². The van der Waals surface area contributed by atoms with Crippen molar-refractivity contribution in [1.29, 1.82) is 0 Å². The van der Waals surface area contributed by atoms with Gasteiger partial charge in [0.1, 0.15) is 10.6 Å². The topological polar surface area (TPSA) is 55.4 Å². The maximum Gasteiger partial charge on any atom is 0.341 e. The van der Waals surface area contributed by atoms with Gasteiger partial charge in [-0.2, -0.15) is 0 Å². The minimum Gasteiger partial charge on any atom is -0.462 e. The molecule has 0 atom stereocenters. The van der Waals surface area contributed by atoms with Crippen LogP contribution in [0.1, 0.15) is 40.1 Å². The van der Waals surface area contributed by atoms with E-state index in [1.807, 2.05) is 24.3 Å². The van der Waals surface area contributed by atoms with Crippen molar-refractivity contribution >= 4 is 28.2 Å². The van der Waals surface area contributed by atoms with Gasteiger partial charge in [0, 0.05) is 16.5 Å². The molecule has 1 N–H and O–H groups in total. The van der Waals surface area contributed by atoms with Crippen LogP contribution >= 0.6 is 11.3 Å². The number of rotatable bonds is 6. The Morgan fingerprint density at radius 2 is 1.76 bits per heavy atom. The molecule has 0 aliphatic rings. The Kier molecular flexibility index (Phi) is 6.39. The molecule has 0 bridgehead atoms. The number of aryl methyl sites for hydroxylation is 1. The molecular weight excluding hydrogens is 396 g/mol. The van der Waals surface area contributed by atoms with Gasteiger partial charge in [-0.05, 0) is 42.7 Å². The number of carbonyl (C=O) groups excluding carboxylic acids is 2. The summed E-state index contributed by atoms with van der Waals surface area (Å²) >= 11 is 1.16. The summed E-state index contributed by atoms with van der Waals surface area (Å²) in [6, 6.07) is 10.6. The Hall–Kier alpha value is -3.06. The zero-order valence-electron chi connectivity index (χ0n) is 15.9. The third-order valence-corrected chi connectivity index (χ3v) is 5.25. The summed E-state index contributed by atoms with van der Waals surface area (Å²) in [5.41, 5.74) is 2.79. The standard InChI is InChI=1S/C22H19F2NO3S/c1-3-13-5-7-14(8-6-13)16-12-29-21(19(16)22(27)28-4-2)25-20(26)15-9-10-17(23)18(24)11-15/h5-12H,3-4H2,1-2H3,(H,25,26). The molecule has 0 aliphatic carbocycles. The third kappa shape index (κ3) is 4.51. The second kappa shape index (κ2) is 8.96. The van der Waals surface area contributed by atoms with Crippen LogP contribution in [0.4, 0.5) is 13.8 Å². The second-order valence-electron chi connectivity index (χ2n) is 6.21. The zero-order chi connectivity index (χ0) is 21.0. The van der Waals surface area contributed by atoms with Crippen LogP contribution in [0.5, 0.6) is 0 Å². The predicted octanol–water partition coefficient (Wildman–Crippen LogP) is 5.68. The van der Waals surface area contributed by atoms with Crippen molar-refractivity contribution in [2.45, 2.75) is 20.3 Å². The first-order valence-corrected chi connectivity index (χ1v) is 9.96. The quantitative estimate of drug-likeness (QED) is 0.527. The Morgan fingerprint density at radius 3 is 2.38 bits per heavy atom. The number of carbonyl (C=O) groups is 2. The molecule has 0 saturated carbocycles. The number of benzene rings is 2. The van der Waals surface area contributed by atoms with Crippen molar-refractivity contribution < 1.29 is 23.1 Å². The van der Waals surface area contributed by atoms with Gasteiger partial charge < -0.3 is 10.1 Å². The summed E-state index contributed by atoms with van der Waals surface area (Å²) in [6.07, 6.45) is 0.893. The monoisotopic (exact) mass is 415 g/mol. The lowest BCUT2D eigenvalue weighted by atomic mass is 10.0. The zero-order valence-corrected chi connectivity index (χ0v) is 16.7. The van der Waals surface area contributed by atoms with E-state index in [9.17, 15) is 18.4 Å². The normalized spacial score (nSPS) is 10.6. The highest BCUT2D eigenvalue weighted by Gasteiger charge is 2.23. The van der Waals surface area contributed by atoms with Gasteiger partial charge in [-0.3, -0.25) is 4.79 Å². The number of halogens is 2. The van der Waals surface area contributed by atoms with E-state index in [0.29, 0.717) is 5.56 Å². The predicted molar refractivity (Wildman–Crippen MR) is 109 cm³/mol. The summed E-state index contributed by atoms with van der Waals surface area (Å²) in [4.78, 5) is 25.1. The highest BCUT2D eigenvalue weighted by Crippen LogP contribution is 2.36. The summed E-state index contributed by atoms with van der Waals surface area (Å²) < 4.78 is 31.7. The molecule has 0 aliphatic heterocycles. The van der Waals surface area contributed by atoms with Crippen LogP contribution in [0, 0.1) is 11.6 Å². The Morgan fingerprint density at radius 1 is 1.03 bits per heavy atom. The number of ether oxygens (including phenoxy) is 1. The van der Waals surface area contributed by atoms with E-state index in [4.69, 9.17) is 4.74 Å². The van der Waals surface area contributed by atoms with Gasteiger partial charge in [0.25, 0.3) is 5.91 Å². The number of thiophene rings is 1. The molecule has 3 rings (SSSR count). The van der Waals surface area contributed by atoms with Gasteiger partial charge in [0.2, 0.25) is 0 Å². The number of hydrogen-bond acceptors (Lipinski definition) is 4. The van der Waals surface area contributed by atoms with Crippen LogP contribution in [0.25, 0.3) is 11.1 Å². The lowest BCUT2D eigenvalue weighted by Gasteiger charge is -2.09. The van der Waals surface area contributed by atoms with Gasteiger partial charge in [0.15, 0.2) is 11.6 Å². The van der Waals surface area contributed by atoms with Gasteiger partial charge in [-0.1, -0.05) is 31.2 Å². The SMILES string of the molecule is CCOC(=O)c1c(-c2ccc(CC)cc2)csc1NC(=O)c1ccc(F)c(F)c1.